The Balaban J connectivity index is 2.08. The highest BCUT2D eigenvalue weighted by Gasteiger charge is 2.23. The van der Waals surface area contributed by atoms with Crippen LogP contribution in [0.1, 0.15) is 25.3 Å². The molecule has 112 valence electrons. The van der Waals surface area contributed by atoms with Crippen molar-refractivity contribution in [2.24, 2.45) is 0 Å². The summed E-state index contributed by atoms with van der Waals surface area (Å²) >= 11 is 0. The average molecular weight is 280 g/mol. The molecular formula is C15H25FN4. The normalized spacial score (nSPS) is 16.9. The van der Waals surface area contributed by atoms with E-state index in [0.717, 1.165) is 43.9 Å². The first-order valence-corrected chi connectivity index (χ1v) is 7.38. The zero-order chi connectivity index (χ0) is 14.5. The smallest absolute Gasteiger partial charge is 0.141 e. The van der Waals surface area contributed by atoms with Gasteiger partial charge in [-0.2, -0.15) is 0 Å². The number of anilines is 1. The minimum atomic E-state index is -0.259. The summed E-state index contributed by atoms with van der Waals surface area (Å²) in [7, 11) is 4.26. The van der Waals surface area contributed by atoms with Crippen LogP contribution < -0.4 is 10.2 Å². The lowest BCUT2D eigenvalue weighted by Crippen LogP contribution is -2.42. The number of nitrogens with zero attached hydrogens (tertiary/aromatic N) is 3. The monoisotopic (exact) mass is 280 g/mol. The van der Waals surface area contributed by atoms with Crippen LogP contribution >= 0.6 is 0 Å². The van der Waals surface area contributed by atoms with Crippen LogP contribution in [0.4, 0.5) is 10.2 Å². The number of pyridine rings is 1. The fourth-order valence-corrected chi connectivity index (χ4v) is 2.74. The van der Waals surface area contributed by atoms with Crippen molar-refractivity contribution in [3.8, 4) is 0 Å². The first-order chi connectivity index (χ1) is 9.61. The number of hydrogen-bond acceptors (Lipinski definition) is 4. The molecule has 1 saturated heterocycles. The molecule has 0 amide bonds. The van der Waals surface area contributed by atoms with Crippen LogP contribution in [0, 0.1) is 5.82 Å². The predicted octanol–water partition coefficient (Wildman–Crippen LogP) is 1.86. The molecule has 0 aliphatic carbocycles. The average Bonchev–Trinajstić information content (AvgIpc) is 2.45. The molecule has 0 unspecified atom stereocenters. The van der Waals surface area contributed by atoms with E-state index >= 15 is 0 Å². The highest BCUT2D eigenvalue weighted by molar-refractivity contribution is 5.47. The molecular weight excluding hydrogens is 255 g/mol. The molecule has 4 nitrogen and oxygen atoms in total. The highest BCUT2D eigenvalue weighted by atomic mass is 19.1. The van der Waals surface area contributed by atoms with Gasteiger partial charge in [0.05, 0.1) is 6.20 Å². The Hall–Kier alpha value is -1.20. The Morgan fingerprint density at radius 3 is 2.70 bits per heavy atom. The Labute approximate surface area is 121 Å². The van der Waals surface area contributed by atoms with Crippen molar-refractivity contribution >= 4 is 5.82 Å². The van der Waals surface area contributed by atoms with E-state index in [-0.39, 0.29) is 5.82 Å². The predicted molar refractivity (Wildman–Crippen MR) is 80.5 cm³/mol. The van der Waals surface area contributed by atoms with E-state index in [1.807, 2.05) is 0 Å². The van der Waals surface area contributed by atoms with E-state index in [1.165, 1.54) is 6.20 Å². The summed E-state index contributed by atoms with van der Waals surface area (Å²) in [5.41, 5.74) is 0.954. The van der Waals surface area contributed by atoms with Crippen molar-refractivity contribution in [3.05, 3.63) is 23.6 Å². The largest absolute Gasteiger partial charge is 0.356 e. The van der Waals surface area contributed by atoms with Crippen molar-refractivity contribution in [2.45, 2.75) is 32.4 Å². The molecule has 0 aromatic carbocycles. The summed E-state index contributed by atoms with van der Waals surface area (Å²) in [6.07, 6.45) is 3.59. The van der Waals surface area contributed by atoms with E-state index in [2.05, 4.69) is 41.1 Å². The zero-order valence-electron chi connectivity index (χ0n) is 12.7. The molecule has 5 heteroatoms. The molecule has 0 spiro atoms. The van der Waals surface area contributed by atoms with Gasteiger partial charge >= 0.3 is 0 Å². The number of piperidine rings is 1. The quantitative estimate of drug-likeness (QED) is 0.892. The third-order valence-electron chi connectivity index (χ3n) is 3.97. The van der Waals surface area contributed by atoms with Crippen LogP contribution in [-0.2, 0) is 6.54 Å². The van der Waals surface area contributed by atoms with Gasteiger partial charge in [-0.25, -0.2) is 9.37 Å². The Morgan fingerprint density at radius 1 is 1.40 bits per heavy atom. The van der Waals surface area contributed by atoms with Crippen molar-refractivity contribution in [1.29, 1.82) is 0 Å². The second kappa shape index (κ2) is 6.99. The van der Waals surface area contributed by atoms with E-state index in [0.29, 0.717) is 12.6 Å². The maximum absolute atomic E-state index is 13.4. The standard InChI is InChI=1S/C15H25FN4/c1-4-17-10-12-9-13(16)11-18-15(12)20-7-5-14(6-8-20)19(2)3/h9,11,14,17H,4-8,10H2,1-3H3. The van der Waals surface area contributed by atoms with Gasteiger partial charge < -0.3 is 15.1 Å². The van der Waals surface area contributed by atoms with E-state index in [9.17, 15) is 4.39 Å². The summed E-state index contributed by atoms with van der Waals surface area (Å²) in [6.45, 7) is 5.57. The summed E-state index contributed by atoms with van der Waals surface area (Å²) < 4.78 is 13.4. The lowest BCUT2D eigenvalue weighted by Gasteiger charge is -2.36. The van der Waals surface area contributed by atoms with Crippen LogP contribution in [0.3, 0.4) is 0 Å². The molecule has 1 aliphatic rings. The summed E-state index contributed by atoms with van der Waals surface area (Å²) in [4.78, 5) is 8.89. The van der Waals surface area contributed by atoms with Crippen molar-refractivity contribution < 1.29 is 4.39 Å². The lowest BCUT2D eigenvalue weighted by atomic mass is 10.0. The Morgan fingerprint density at radius 2 is 2.10 bits per heavy atom. The van der Waals surface area contributed by atoms with Crippen molar-refractivity contribution in [1.82, 2.24) is 15.2 Å². The Kier molecular flexibility index (Phi) is 5.31. The van der Waals surface area contributed by atoms with Gasteiger partial charge in [0.1, 0.15) is 11.6 Å². The van der Waals surface area contributed by atoms with Crippen LogP contribution in [0.25, 0.3) is 0 Å². The van der Waals surface area contributed by atoms with Crippen LogP contribution in [0.5, 0.6) is 0 Å². The molecule has 1 N–H and O–H groups in total. The second-order valence-electron chi connectivity index (χ2n) is 5.60. The molecule has 1 aromatic heterocycles. The molecule has 0 saturated carbocycles. The number of rotatable bonds is 5. The fourth-order valence-electron chi connectivity index (χ4n) is 2.74. The molecule has 2 rings (SSSR count). The SMILES string of the molecule is CCNCc1cc(F)cnc1N1CCC(N(C)C)CC1. The van der Waals surface area contributed by atoms with Gasteiger partial charge in [0, 0.05) is 31.2 Å². The summed E-state index contributed by atoms with van der Waals surface area (Å²) in [5, 5.41) is 3.26. The van der Waals surface area contributed by atoms with E-state index < -0.39 is 0 Å². The van der Waals surface area contributed by atoms with Gasteiger partial charge in [0.2, 0.25) is 0 Å². The maximum atomic E-state index is 13.4. The first kappa shape index (κ1) is 15.2. The molecule has 1 fully saturated rings. The number of nitrogens with one attached hydrogen (secondary N) is 1. The lowest BCUT2D eigenvalue weighted by molar-refractivity contribution is 0.249. The second-order valence-corrected chi connectivity index (χ2v) is 5.60. The minimum absolute atomic E-state index is 0.259. The third-order valence-corrected chi connectivity index (χ3v) is 3.97. The van der Waals surface area contributed by atoms with Crippen molar-refractivity contribution in [2.75, 3.05) is 38.6 Å². The number of aromatic nitrogens is 1. The molecule has 0 radical (unpaired) electrons. The summed E-state index contributed by atoms with van der Waals surface area (Å²) in [6, 6.07) is 2.24. The van der Waals surface area contributed by atoms with Crippen LogP contribution in [-0.4, -0.2) is 49.7 Å². The highest BCUT2D eigenvalue weighted by Crippen LogP contribution is 2.23. The topological polar surface area (TPSA) is 31.4 Å². The fraction of sp³-hybridized carbons (Fsp3) is 0.667. The third kappa shape index (κ3) is 3.67. The van der Waals surface area contributed by atoms with Crippen LogP contribution in [0.2, 0.25) is 0 Å². The molecule has 2 heterocycles. The van der Waals surface area contributed by atoms with E-state index in [1.54, 1.807) is 6.07 Å². The minimum Gasteiger partial charge on any atom is -0.356 e. The Bertz CT molecular complexity index is 428. The molecule has 20 heavy (non-hydrogen) atoms. The van der Waals surface area contributed by atoms with E-state index in [4.69, 9.17) is 0 Å². The molecule has 1 aliphatic heterocycles. The van der Waals surface area contributed by atoms with Gasteiger partial charge in [-0.1, -0.05) is 6.92 Å². The zero-order valence-corrected chi connectivity index (χ0v) is 12.7. The van der Waals surface area contributed by atoms with Gasteiger partial charge in [-0.05, 0) is 39.5 Å². The van der Waals surface area contributed by atoms with Gasteiger partial charge in [-0.15, -0.1) is 0 Å². The van der Waals surface area contributed by atoms with Gasteiger partial charge in [0.15, 0.2) is 0 Å². The molecule has 0 bridgehead atoms. The number of halogens is 1. The first-order valence-electron chi connectivity index (χ1n) is 7.38. The van der Waals surface area contributed by atoms with Gasteiger partial charge in [0.25, 0.3) is 0 Å². The van der Waals surface area contributed by atoms with Crippen LogP contribution in [0.15, 0.2) is 12.3 Å². The van der Waals surface area contributed by atoms with Gasteiger partial charge in [-0.3, -0.25) is 0 Å². The molecule has 1 aromatic rings. The molecule has 0 atom stereocenters. The maximum Gasteiger partial charge on any atom is 0.141 e. The summed E-state index contributed by atoms with van der Waals surface area (Å²) in [5.74, 6) is 0.675. The number of hydrogen-bond donors (Lipinski definition) is 1. The van der Waals surface area contributed by atoms with Crippen molar-refractivity contribution in [3.63, 3.8) is 0 Å².